The van der Waals surface area contributed by atoms with Crippen LogP contribution in [0.15, 0.2) is 54.6 Å². The lowest BCUT2D eigenvalue weighted by atomic mass is 10.0. The average molecular weight is 389 g/mol. The largest absolute Gasteiger partial charge is 0.356 e. The summed E-state index contributed by atoms with van der Waals surface area (Å²) in [6.07, 6.45) is 1.95. The number of sulfonamides is 1. The SMILES string of the molecule is Cc1cccc(N(CCCC(=O)NC[C@H](C)c2ccccc2)S(C)(=O)=O)c1. The van der Waals surface area contributed by atoms with E-state index in [1.165, 1.54) is 16.1 Å². The summed E-state index contributed by atoms with van der Waals surface area (Å²) in [6.45, 7) is 4.84. The summed E-state index contributed by atoms with van der Waals surface area (Å²) in [4.78, 5) is 12.1. The van der Waals surface area contributed by atoms with Gasteiger partial charge in [0.05, 0.1) is 11.9 Å². The van der Waals surface area contributed by atoms with Crippen molar-refractivity contribution in [2.45, 2.75) is 32.6 Å². The van der Waals surface area contributed by atoms with Crippen molar-refractivity contribution in [3.63, 3.8) is 0 Å². The lowest BCUT2D eigenvalue weighted by molar-refractivity contribution is -0.121. The molecule has 1 N–H and O–H groups in total. The number of carbonyl (C=O) groups excluding carboxylic acids is 1. The fourth-order valence-corrected chi connectivity index (χ4v) is 3.86. The van der Waals surface area contributed by atoms with Gasteiger partial charge < -0.3 is 5.32 Å². The van der Waals surface area contributed by atoms with Gasteiger partial charge in [0.2, 0.25) is 15.9 Å². The monoisotopic (exact) mass is 388 g/mol. The molecule has 5 nitrogen and oxygen atoms in total. The Morgan fingerprint density at radius 2 is 1.81 bits per heavy atom. The predicted molar refractivity (Wildman–Crippen MR) is 110 cm³/mol. The van der Waals surface area contributed by atoms with Crippen LogP contribution in [0.3, 0.4) is 0 Å². The van der Waals surface area contributed by atoms with E-state index in [0.29, 0.717) is 25.1 Å². The minimum atomic E-state index is -3.39. The lowest BCUT2D eigenvalue weighted by Crippen LogP contribution is -2.32. The molecule has 0 saturated heterocycles. The maximum absolute atomic E-state index is 12.1. The molecule has 0 spiro atoms. The van der Waals surface area contributed by atoms with E-state index < -0.39 is 10.0 Å². The Kier molecular flexibility index (Phi) is 7.42. The van der Waals surface area contributed by atoms with Crippen molar-refractivity contribution in [1.82, 2.24) is 5.32 Å². The molecule has 2 rings (SSSR count). The molecule has 0 fully saturated rings. The number of aryl methyl sites for hydroxylation is 1. The molecule has 0 heterocycles. The van der Waals surface area contributed by atoms with Crippen LogP contribution in [-0.4, -0.2) is 33.7 Å². The van der Waals surface area contributed by atoms with Crippen LogP contribution in [0.5, 0.6) is 0 Å². The van der Waals surface area contributed by atoms with Crippen molar-refractivity contribution >= 4 is 21.6 Å². The van der Waals surface area contributed by atoms with Gasteiger partial charge in [0.15, 0.2) is 0 Å². The van der Waals surface area contributed by atoms with Crippen molar-refractivity contribution < 1.29 is 13.2 Å². The number of hydrogen-bond donors (Lipinski definition) is 1. The first-order valence-electron chi connectivity index (χ1n) is 9.13. The quantitative estimate of drug-likeness (QED) is 0.715. The summed E-state index contributed by atoms with van der Waals surface area (Å²) in [5, 5.41) is 2.94. The summed E-state index contributed by atoms with van der Waals surface area (Å²) in [5.74, 6) is 0.172. The van der Waals surface area contributed by atoms with E-state index in [1.807, 2.05) is 55.5 Å². The molecule has 2 aromatic carbocycles. The maximum Gasteiger partial charge on any atom is 0.232 e. The average Bonchev–Trinajstić information content (AvgIpc) is 2.63. The fourth-order valence-electron chi connectivity index (χ4n) is 2.91. The van der Waals surface area contributed by atoms with Gasteiger partial charge >= 0.3 is 0 Å². The number of carbonyl (C=O) groups is 1. The van der Waals surface area contributed by atoms with Crippen molar-refractivity contribution in [2.75, 3.05) is 23.7 Å². The van der Waals surface area contributed by atoms with Gasteiger partial charge in [0, 0.05) is 19.5 Å². The zero-order valence-electron chi connectivity index (χ0n) is 16.2. The van der Waals surface area contributed by atoms with Crippen LogP contribution in [0.4, 0.5) is 5.69 Å². The minimum Gasteiger partial charge on any atom is -0.356 e. The molecule has 0 unspecified atom stereocenters. The second kappa shape index (κ2) is 9.55. The lowest BCUT2D eigenvalue weighted by Gasteiger charge is -2.22. The molecule has 6 heteroatoms. The second-order valence-electron chi connectivity index (χ2n) is 6.89. The van der Waals surface area contributed by atoms with Crippen molar-refractivity contribution in [3.8, 4) is 0 Å². The van der Waals surface area contributed by atoms with E-state index in [1.54, 1.807) is 6.07 Å². The Balaban J connectivity index is 1.85. The number of amides is 1. The number of nitrogens with zero attached hydrogens (tertiary/aromatic N) is 1. The number of rotatable bonds is 9. The van der Waals surface area contributed by atoms with Crippen LogP contribution in [0.1, 0.15) is 36.8 Å². The van der Waals surface area contributed by atoms with Gasteiger partial charge in [0.1, 0.15) is 0 Å². The van der Waals surface area contributed by atoms with Gasteiger partial charge in [-0.2, -0.15) is 0 Å². The highest BCUT2D eigenvalue weighted by atomic mass is 32.2. The van der Waals surface area contributed by atoms with E-state index in [-0.39, 0.29) is 18.4 Å². The first-order valence-corrected chi connectivity index (χ1v) is 11.0. The molecule has 0 bridgehead atoms. The van der Waals surface area contributed by atoms with Crippen LogP contribution < -0.4 is 9.62 Å². The number of anilines is 1. The Labute approximate surface area is 162 Å². The van der Waals surface area contributed by atoms with Crippen LogP contribution in [0.2, 0.25) is 0 Å². The number of benzene rings is 2. The molecule has 0 aromatic heterocycles. The summed E-state index contributed by atoms with van der Waals surface area (Å²) in [5.41, 5.74) is 2.81. The molecule has 1 atom stereocenters. The van der Waals surface area contributed by atoms with Crippen molar-refractivity contribution in [2.24, 2.45) is 0 Å². The fraction of sp³-hybridized carbons (Fsp3) is 0.381. The molecule has 0 aliphatic heterocycles. The van der Waals surface area contributed by atoms with Gasteiger partial charge in [-0.15, -0.1) is 0 Å². The molecule has 2 aromatic rings. The highest BCUT2D eigenvalue weighted by molar-refractivity contribution is 7.92. The van der Waals surface area contributed by atoms with E-state index in [2.05, 4.69) is 12.2 Å². The minimum absolute atomic E-state index is 0.0597. The molecule has 1 amide bonds. The molecule has 27 heavy (non-hydrogen) atoms. The number of nitrogens with one attached hydrogen (secondary N) is 1. The van der Waals surface area contributed by atoms with Crippen molar-refractivity contribution in [3.05, 3.63) is 65.7 Å². The summed E-state index contributed by atoms with van der Waals surface area (Å²) >= 11 is 0. The van der Waals surface area contributed by atoms with Crippen molar-refractivity contribution in [1.29, 1.82) is 0 Å². The smallest absolute Gasteiger partial charge is 0.232 e. The van der Waals surface area contributed by atoms with E-state index in [9.17, 15) is 13.2 Å². The highest BCUT2D eigenvalue weighted by Gasteiger charge is 2.17. The molecule has 0 saturated carbocycles. The van der Waals surface area contributed by atoms with Crippen LogP contribution >= 0.6 is 0 Å². The second-order valence-corrected chi connectivity index (χ2v) is 8.80. The van der Waals surface area contributed by atoms with Gasteiger partial charge in [-0.25, -0.2) is 8.42 Å². The predicted octanol–water partition coefficient (Wildman–Crippen LogP) is 3.46. The van der Waals surface area contributed by atoms with Crippen LogP contribution in [-0.2, 0) is 14.8 Å². The molecular formula is C21H28N2O3S. The highest BCUT2D eigenvalue weighted by Crippen LogP contribution is 2.19. The molecule has 146 valence electrons. The summed E-state index contributed by atoms with van der Waals surface area (Å²) in [7, 11) is -3.39. The van der Waals surface area contributed by atoms with Crippen LogP contribution in [0.25, 0.3) is 0 Å². The van der Waals surface area contributed by atoms with Gasteiger partial charge in [-0.3, -0.25) is 9.10 Å². The normalized spacial score (nSPS) is 12.4. The Morgan fingerprint density at radius 1 is 1.11 bits per heavy atom. The molecule has 0 aliphatic rings. The topological polar surface area (TPSA) is 66.5 Å². The standard InChI is InChI=1S/C21H28N2O3S/c1-17-9-7-12-20(15-17)23(27(3,25)26)14-8-13-21(24)22-16-18(2)19-10-5-4-6-11-19/h4-7,9-12,15,18H,8,13-14,16H2,1-3H3,(H,22,24)/t18-/m0/s1. The molecule has 0 aliphatic carbocycles. The van der Waals surface area contributed by atoms with Gasteiger partial charge in [-0.05, 0) is 42.5 Å². The zero-order valence-corrected chi connectivity index (χ0v) is 17.0. The molecular weight excluding hydrogens is 360 g/mol. The van der Waals surface area contributed by atoms with Gasteiger partial charge in [0.25, 0.3) is 0 Å². The Morgan fingerprint density at radius 3 is 2.44 bits per heavy atom. The first kappa shape index (κ1) is 21.0. The van der Waals surface area contributed by atoms with Gasteiger partial charge in [-0.1, -0.05) is 49.4 Å². The van der Waals surface area contributed by atoms with E-state index in [4.69, 9.17) is 0 Å². The van der Waals surface area contributed by atoms with Crippen LogP contribution in [0, 0.1) is 6.92 Å². The third kappa shape index (κ3) is 6.71. The summed E-state index contributed by atoms with van der Waals surface area (Å²) in [6, 6.07) is 17.4. The number of hydrogen-bond acceptors (Lipinski definition) is 3. The summed E-state index contributed by atoms with van der Waals surface area (Å²) < 4.78 is 25.6. The zero-order chi connectivity index (χ0) is 19.9. The Hall–Kier alpha value is -2.34. The molecule has 0 radical (unpaired) electrons. The van der Waals surface area contributed by atoms with E-state index in [0.717, 1.165) is 5.56 Å². The van der Waals surface area contributed by atoms with E-state index >= 15 is 0 Å². The third-order valence-electron chi connectivity index (χ3n) is 4.43. The maximum atomic E-state index is 12.1. The Bertz CT molecular complexity index is 851. The third-order valence-corrected chi connectivity index (χ3v) is 5.62. The first-order chi connectivity index (χ1) is 12.8.